The van der Waals surface area contributed by atoms with Gasteiger partial charge in [0, 0.05) is 25.4 Å². The summed E-state index contributed by atoms with van der Waals surface area (Å²) in [6.45, 7) is 11.6. The van der Waals surface area contributed by atoms with Gasteiger partial charge in [-0.15, -0.1) is 0 Å². The number of nitrogens with zero attached hydrogens (tertiary/aromatic N) is 2. The molecule has 50 heavy (non-hydrogen) atoms. The standard InChI is InChI=1S/C45H90N2O3/c1-7-11-15-18-19-23-28-34-42(33-27-17-13-9-3)41-50-45(49)38-31-25-21-20-24-29-36-43(35-26-14-10-4)47(40-32-39-46(5)6)44(48)37-30-22-16-12-8-2/h42-43H,7-41H2,1-6H3. The molecule has 0 N–H and O–H groups in total. The van der Waals surface area contributed by atoms with Crippen molar-refractivity contribution in [3.8, 4) is 0 Å². The van der Waals surface area contributed by atoms with Gasteiger partial charge in [0.15, 0.2) is 0 Å². The lowest BCUT2D eigenvalue weighted by Crippen LogP contribution is -2.41. The van der Waals surface area contributed by atoms with Crippen LogP contribution in [-0.2, 0) is 14.3 Å². The monoisotopic (exact) mass is 707 g/mol. The predicted molar refractivity (Wildman–Crippen MR) is 219 cm³/mol. The minimum atomic E-state index is 0.0161. The molecule has 0 spiro atoms. The Morgan fingerprint density at radius 2 is 0.860 bits per heavy atom. The highest BCUT2D eigenvalue weighted by Crippen LogP contribution is 2.22. The summed E-state index contributed by atoms with van der Waals surface area (Å²) in [4.78, 5) is 30.7. The normalized spacial score (nSPS) is 12.8. The van der Waals surface area contributed by atoms with Gasteiger partial charge in [0.1, 0.15) is 0 Å². The van der Waals surface area contributed by atoms with E-state index in [4.69, 9.17) is 4.74 Å². The molecule has 0 saturated carbocycles. The van der Waals surface area contributed by atoms with Crippen molar-refractivity contribution in [1.29, 1.82) is 0 Å². The predicted octanol–water partition coefficient (Wildman–Crippen LogP) is 13.5. The quantitative estimate of drug-likeness (QED) is 0.0472. The van der Waals surface area contributed by atoms with E-state index in [9.17, 15) is 9.59 Å². The highest BCUT2D eigenvalue weighted by Gasteiger charge is 2.22. The van der Waals surface area contributed by atoms with Crippen LogP contribution in [0.3, 0.4) is 0 Å². The fourth-order valence-electron chi connectivity index (χ4n) is 7.38. The molecule has 0 aromatic heterocycles. The summed E-state index contributed by atoms with van der Waals surface area (Å²) in [6, 6.07) is 0.392. The lowest BCUT2D eigenvalue weighted by molar-refractivity contribution is -0.145. The van der Waals surface area contributed by atoms with Crippen molar-refractivity contribution in [2.24, 2.45) is 5.92 Å². The molecular formula is C45H90N2O3. The lowest BCUT2D eigenvalue weighted by Gasteiger charge is -2.33. The van der Waals surface area contributed by atoms with Gasteiger partial charge in [-0.25, -0.2) is 0 Å². The van der Waals surface area contributed by atoms with E-state index in [1.807, 2.05) is 0 Å². The van der Waals surface area contributed by atoms with Crippen molar-refractivity contribution in [1.82, 2.24) is 9.80 Å². The second kappa shape index (κ2) is 37.7. The van der Waals surface area contributed by atoms with Gasteiger partial charge in [-0.2, -0.15) is 0 Å². The lowest BCUT2D eigenvalue weighted by atomic mass is 9.95. The topological polar surface area (TPSA) is 49.9 Å². The van der Waals surface area contributed by atoms with Gasteiger partial charge in [-0.05, 0) is 71.5 Å². The summed E-state index contributed by atoms with van der Waals surface area (Å²) >= 11 is 0. The first-order valence-corrected chi connectivity index (χ1v) is 22.5. The molecule has 0 bridgehead atoms. The van der Waals surface area contributed by atoms with Crippen LogP contribution in [0.4, 0.5) is 0 Å². The average Bonchev–Trinajstić information content (AvgIpc) is 3.10. The number of hydrogen-bond acceptors (Lipinski definition) is 4. The van der Waals surface area contributed by atoms with Crippen LogP contribution in [0.2, 0.25) is 0 Å². The molecule has 5 heteroatoms. The molecule has 5 nitrogen and oxygen atoms in total. The molecule has 0 fully saturated rings. The minimum absolute atomic E-state index is 0.0161. The third-order valence-electron chi connectivity index (χ3n) is 10.7. The number of hydrogen-bond donors (Lipinski definition) is 0. The number of rotatable bonds is 39. The average molecular weight is 707 g/mol. The Hall–Kier alpha value is -1.10. The van der Waals surface area contributed by atoms with E-state index in [-0.39, 0.29) is 5.97 Å². The SMILES string of the molecule is CCCCCCCCCC(CCCCCC)COC(=O)CCCCCCCCC(CCCCC)N(CCCN(C)C)C(=O)CCCCCCC. The summed E-state index contributed by atoms with van der Waals surface area (Å²) < 4.78 is 5.83. The highest BCUT2D eigenvalue weighted by molar-refractivity contribution is 5.76. The smallest absolute Gasteiger partial charge is 0.305 e. The molecular weight excluding hydrogens is 617 g/mol. The second-order valence-electron chi connectivity index (χ2n) is 16.0. The zero-order valence-electron chi connectivity index (χ0n) is 35.0. The molecule has 0 aliphatic heterocycles. The summed E-state index contributed by atoms with van der Waals surface area (Å²) in [5.41, 5.74) is 0. The zero-order chi connectivity index (χ0) is 36.9. The van der Waals surface area contributed by atoms with E-state index >= 15 is 0 Å². The van der Waals surface area contributed by atoms with Crippen LogP contribution in [0.1, 0.15) is 233 Å². The molecule has 0 radical (unpaired) electrons. The number of carbonyl (C=O) groups excluding carboxylic acids is 2. The molecule has 1 amide bonds. The molecule has 0 aromatic carbocycles. The minimum Gasteiger partial charge on any atom is -0.465 e. The van der Waals surface area contributed by atoms with E-state index < -0.39 is 0 Å². The van der Waals surface area contributed by atoms with Crippen LogP contribution in [-0.4, -0.2) is 61.5 Å². The number of carbonyl (C=O) groups is 2. The number of unbranched alkanes of at least 4 members (excludes halogenated alkanes) is 20. The maximum atomic E-state index is 13.5. The maximum absolute atomic E-state index is 13.5. The highest BCUT2D eigenvalue weighted by atomic mass is 16.5. The maximum Gasteiger partial charge on any atom is 0.305 e. The number of ether oxygens (including phenoxy) is 1. The van der Waals surface area contributed by atoms with Crippen LogP contribution in [0.5, 0.6) is 0 Å². The van der Waals surface area contributed by atoms with Gasteiger partial charge in [0.05, 0.1) is 6.61 Å². The summed E-state index contributed by atoms with van der Waals surface area (Å²) in [5.74, 6) is 0.957. The Morgan fingerprint density at radius 3 is 1.38 bits per heavy atom. The Kier molecular flexibility index (Phi) is 36.8. The van der Waals surface area contributed by atoms with Crippen molar-refractivity contribution >= 4 is 11.9 Å². The molecule has 0 aliphatic carbocycles. The van der Waals surface area contributed by atoms with E-state index in [1.165, 1.54) is 154 Å². The molecule has 0 saturated heterocycles. The van der Waals surface area contributed by atoms with Crippen LogP contribution in [0, 0.1) is 5.92 Å². The van der Waals surface area contributed by atoms with Gasteiger partial charge in [-0.3, -0.25) is 9.59 Å². The molecule has 2 unspecified atom stereocenters. The van der Waals surface area contributed by atoms with Crippen LogP contribution < -0.4 is 0 Å². The van der Waals surface area contributed by atoms with Crippen molar-refractivity contribution in [3.05, 3.63) is 0 Å². The third-order valence-corrected chi connectivity index (χ3v) is 10.7. The van der Waals surface area contributed by atoms with Gasteiger partial charge >= 0.3 is 5.97 Å². The van der Waals surface area contributed by atoms with Gasteiger partial charge in [0.2, 0.25) is 5.91 Å². The van der Waals surface area contributed by atoms with Crippen LogP contribution >= 0.6 is 0 Å². The van der Waals surface area contributed by atoms with Gasteiger partial charge in [0.25, 0.3) is 0 Å². The summed E-state index contributed by atoms with van der Waals surface area (Å²) in [7, 11) is 4.26. The fraction of sp³-hybridized carbons (Fsp3) is 0.956. The molecule has 2 atom stereocenters. The zero-order valence-corrected chi connectivity index (χ0v) is 35.0. The summed E-state index contributed by atoms with van der Waals surface area (Å²) in [6.07, 6.45) is 38.3. The number of amides is 1. The molecule has 0 aliphatic rings. The van der Waals surface area contributed by atoms with Crippen molar-refractivity contribution < 1.29 is 14.3 Å². The Bertz CT molecular complexity index is 727. The van der Waals surface area contributed by atoms with Crippen molar-refractivity contribution in [3.63, 3.8) is 0 Å². The Labute approximate surface area is 314 Å². The van der Waals surface area contributed by atoms with E-state index in [0.29, 0.717) is 30.9 Å². The van der Waals surface area contributed by atoms with Crippen LogP contribution in [0.15, 0.2) is 0 Å². The van der Waals surface area contributed by atoms with Gasteiger partial charge < -0.3 is 14.5 Å². The molecule has 298 valence electrons. The third kappa shape index (κ3) is 31.6. The first kappa shape index (κ1) is 48.9. The number of esters is 1. The molecule has 0 aromatic rings. The van der Waals surface area contributed by atoms with Crippen molar-refractivity contribution in [2.45, 2.75) is 239 Å². The van der Waals surface area contributed by atoms with Crippen LogP contribution in [0.25, 0.3) is 0 Å². The largest absolute Gasteiger partial charge is 0.465 e. The van der Waals surface area contributed by atoms with E-state index in [0.717, 1.165) is 58.0 Å². The molecule has 0 heterocycles. The first-order chi connectivity index (χ1) is 24.4. The second-order valence-corrected chi connectivity index (χ2v) is 16.0. The Balaban J connectivity index is 4.57. The van der Waals surface area contributed by atoms with Crippen molar-refractivity contribution in [2.75, 3.05) is 33.8 Å². The van der Waals surface area contributed by atoms with Gasteiger partial charge in [-0.1, -0.05) is 175 Å². The van der Waals surface area contributed by atoms with E-state index in [2.05, 4.69) is 51.6 Å². The Morgan fingerprint density at radius 1 is 0.460 bits per heavy atom. The molecule has 0 rings (SSSR count). The fourth-order valence-corrected chi connectivity index (χ4v) is 7.38. The van der Waals surface area contributed by atoms with E-state index in [1.54, 1.807) is 0 Å². The first-order valence-electron chi connectivity index (χ1n) is 22.5. The summed E-state index contributed by atoms with van der Waals surface area (Å²) in [5, 5.41) is 0.